The zero-order chi connectivity index (χ0) is 15.9. The fourth-order valence-electron chi connectivity index (χ4n) is 2.48. The number of hydrogen-bond donors (Lipinski definition) is 1. The molecule has 0 bridgehead atoms. The Hall–Kier alpha value is -1.10. The molecule has 122 valence electrons. The van der Waals surface area contributed by atoms with Crippen LogP contribution < -0.4 is 5.32 Å². The number of carbonyl (C=O) groups is 2. The van der Waals surface area contributed by atoms with Gasteiger partial charge in [-0.05, 0) is 46.6 Å². The monoisotopic (exact) mass is 298 g/mol. The largest absolute Gasteiger partial charge is 0.458 e. The second-order valence-electron chi connectivity index (χ2n) is 6.66. The van der Waals surface area contributed by atoms with Crippen molar-refractivity contribution in [3.63, 3.8) is 0 Å². The number of rotatable bonds is 7. The van der Waals surface area contributed by atoms with Crippen LogP contribution >= 0.6 is 0 Å². The zero-order valence-corrected chi connectivity index (χ0v) is 13.9. The third-order valence-corrected chi connectivity index (χ3v) is 3.49. The number of carbonyl (C=O) groups excluding carboxylic acids is 2. The average molecular weight is 298 g/mol. The summed E-state index contributed by atoms with van der Waals surface area (Å²) in [6.45, 7) is 9.51. The highest BCUT2D eigenvalue weighted by Gasteiger charge is 2.36. The van der Waals surface area contributed by atoms with Crippen molar-refractivity contribution >= 4 is 11.9 Å². The van der Waals surface area contributed by atoms with Gasteiger partial charge < -0.3 is 15.0 Å². The lowest BCUT2D eigenvalue weighted by Crippen LogP contribution is -2.46. The molecule has 1 rings (SSSR count). The molecule has 5 heteroatoms. The lowest BCUT2D eigenvalue weighted by molar-refractivity contribution is -0.163. The number of likely N-dealkylation sites (tertiary alicyclic amines) is 1. The number of hydrogen-bond acceptors (Lipinski definition) is 4. The quantitative estimate of drug-likeness (QED) is 0.577. The second kappa shape index (κ2) is 8.37. The standard InChI is InChI=1S/C16H30N2O3/c1-5-6-7-10-17-12-14(19)18-11-8-9-13(18)15(20)21-16(2,3)4/h13,17H,5-12H2,1-4H3/t13-/m1/s1. The Morgan fingerprint density at radius 2 is 2.00 bits per heavy atom. The van der Waals surface area contributed by atoms with Crippen molar-refractivity contribution in [1.82, 2.24) is 10.2 Å². The van der Waals surface area contributed by atoms with E-state index in [2.05, 4.69) is 12.2 Å². The molecule has 0 aliphatic carbocycles. The average Bonchev–Trinajstić information content (AvgIpc) is 2.85. The first-order chi connectivity index (χ1) is 9.85. The highest BCUT2D eigenvalue weighted by atomic mass is 16.6. The van der Waals surface area contributed by atoms with Crippen molar-refractivity contribution in [3.05, 3.63) is 0 Å². The number of esters is 1. The molecule has 0 aromatic rings. The maximum absolute atomic E-state index is 12.2. The minimum Gasteiger partial charge on any atom is -0.458 e. The number of nitrogens with one attached hydrogen (secondary N) is 1. The molecule has 1 aliphatic heterocycles. The van der Waals surface area contributed by atoms with Gasteiger partial charge in [-0.2, -0.15) is 0 Å². The van der Waals surface area contributed by atoms with E-state index in [4.69, 9.17) is 4.74 Å². The van der Waals surface area contributed by atoms with Crippen molar-refractivity contribution < 1.29 is 14.3 Å². The summed E-state index contributed by atoms with van der Waals surface area (Å²) in [5.41, 5.74) is -0.507. The molecule has 1 atom stereocenters. The molecule has 0 aromatic heterocycles. The normalized spacial score (nSPS) is 18.9. The van der Waals surface area contributed by atoms with Gasteiger partial charge in [-0.15, -0.1) is 0 Å². The topological polar surface area (TPSA) is 58.6 Å². The summed E-state index contributed by atoms with van der Waals surface area (Å²) in [7, 11) is 0. The fraction of sp³-hybridized carbons (Fsp3) is 0.875. The van der Waals surface area contributed by atoms with Gasteiger partial charge in [0.05, 0.1) is 6.54 Å². The molecule has 0 saturated carbocycles. The molecule has 1 saturated heterocycles. The number of ether oxygens (including phenoxy) is 1. The number of nitrogens with zero attached hydrogens (tertiary/aromatic N) is 1. The first kappa shape index (κ1) is 18.0. The smallest absolute Gasteiger partial charge is 0.329 e. The van der Waals surface area contributed by atoms with Crippen molar-refractivity contribution in [2.45, 2.75) is 71.4 Å². The molecule has 0 radical (unpaired) electrons. The lowest BCUT2D eigenvalue weighted by atomic mass is 10.1. The Balaban J connectivity index is 2.41. The molecular weight excluding hydrogens is 268 g/mol. The van der Waals surface area contributed by atoms with Crippen LogP contribution in [0.1, 0.15) is 59.8 Å². The van der Waals surface area contributed by atoms with Crippen LogP contribution in [-0.4, -0.2) is 48.1 Å². The van der Waals surface area contributed by atoms with Crippen LogP contribution in [0.4, 0.5) is 0 Å². The van der Waals surface area contributed by atoms with Crippen LogP contribution in [0.25, 0.3) is 0 Å². The van der Waals surface area contributed by atoms with E-state index in [1.807, 2.05) is 20.8 Å². The molecule has 0 unspecified atom stereocenters. The predicted octanol–water partition coefficient (Wildman–Crippen LogP) is 2.10. The van der Waals surface area contributed by atoms with Gasteiger partial charge in [-0.1, -0.05) is 19.8 Å². The maximum Gasteiger partial charge on any atom is 0.329 e. The summed E-state index contributed by atoms with van der Waals surface area (Å²) in [6.07, 6.45) is 5.00. The minimum absolute atomic E-state index is 0.000132. The van der Waals surface area contributed by atoms with Crippen molar-refractivity contribution in [3.8, 4) is 0 Å². The molecule has 0 spiro atoms. The van der Waals surface area contributed by atoms with Gasteiger partial charge in [0.1, 0.15) is 11.6 Å². The van der Waals surface area contributed by atoms with Gasteiger partial charge in [0.2, 0.25) is 5.91 Å². The predicted molar refractivity (Wildman–Crippen MR) is 83.0 cm³/mol. The van der Waals surface area contributed by atoms with E-state index in [-0.39, 0.29) is 11.9 Å². The third-order valence-electron chi connectivity index (χ3n) is 3.49. The van der Waals surface area contributed by atoms with Crippen LogP contribution in [0.3, 0.4) is 0 Å². The molecule has 21 heavy (non-hydrogen) atoms. The highest BCUT2D eigenvalue weighted by molar-refractivity contribution is 5.86. The summed E-state index contributed by atoms with van der Waals surface area (Å²) < 4.78 is 5.41. The SMILES string of the molecule is CCCCCNCC(=O)N1CCC[C@@H]1C(=O)OC(C)(C)C. The highest BCUT2D eigenvalue weighted by Crippen LogP contribution is 2.21. The van der Waals surface area contributed by atoms with Crippen molar-refractivity contribution in [2.75, 3.05) is 19.6 Å². The van der Waals surface area contributed by atoms with Gasteiger partial charge in [-0.25, -0.2) is 4.79 Å². The summed E-state index contributed by atoms with van der Waals surface area (Å²) in [5.74, 6) is -0.279. The van der Waals surface area contributed by atoms with Crippen LogP contribution in [0.2, 0.25) is 0 Å². The Labute approximate surface area is 128 Å². The molecule has 5 nitrogen and oxygen atoms in total. The van der Waals surface area contributed by atoms with Crippen molar-refractivity contribution in [2.24, 2.45) is 0 Å². The Bertz CT molecular complexity index is 350. The van der Waals surface area contributed by atoms with E-state index in [9.17, 15) is 9.59 Å². The van der Waals surface area contributed by atoms with E-state index < -0.39 is 11.6 Å². The second-order valence-corrected chi connectivity index (χ2v) is 6.66. The summed E-state index contributed by atoms with van der Waals surface area (Å²) >= 11 is 0. The lowest BCUT2D eigenvalue weighted by Gasteiger charge is -2.27. The van der Waals surface area contributed by atoms with Crippen molar-refractivity contribution in [1.29, 1.82) is 0 Å². The maximum atomic E-state index is 12.2. The first-order valence-electron chi connectivity index (χ1n) is 8.08. The van der Waals surface area contributed by atoms with Crippen LogP contribution in [-0.2, 0) is 14.3 Å². The Morgan fingerprint density at radius 1 is 1.29 bits per heavy atom. The van der Waals surface area contributed by atoms with E-state index in [1.54, 1.807) is 4.90 Å². The van der Waals surface area contributed by atoms with Gasteiger partial charge in [0.25, 0.3) is 0 Å². The Kier molecular flexibility index (Phi) is 7.15. The van der Waals surface area contributed by atoms with E-state index in [0.29, 0.717) is 19.5 Å². The van der Waals surface area contributed by atoms with E-state index in [0.717, 1.165) is 19.4 Å². The fourth-order valence-corrected chi connectivity index (χ4v) is 2.48. The van der Waals surface area contributed by atoms with Crippen LogP contribution in [0.5, 0.6) is 0 Å². The molecule has 0 aromatic carbocycles. The van der Waals surface area contributed by atoms with E-state index in [1.165, 1.54) is 12.8 Å². The molecule has 1 aliphatic rings. The third kappa shape index (κ3) is 6.46. The van der Waals surface area contributed by atoms with Gasteiger partial charge >= 0.3 is 5.97 Å². The molecular formula is C16H30N2O3. The van der Waals surface area contributed by atoms with Crippen LogP contribution in [0, 0.1) is 0 Å². The molecule has 1 heterocycles. The van der Waals surface area contributed by atoms with Crippen LogP contribution in [0.15, 0.2) is 0 Å². The number of amides is 1. The first-order valence-corrected chi connectivity index (χ1v) is 8.08. The van der Waals surface area contributed by atoms with Gasteiger partial charge in [-0.3, -0.25) is 4.79 Å². The van der Waals surface area contributed by atoms with Gasteiger partial charge in [0.15, 0.2) is 0 Å². The zero-order valence-electron chi connectivity index (χ0n) is 13.9. The molecule has 1 amide bonds. The molecule has 1 N–H and O–H groups in total. The summed E-state index contributed by atoms with van der Waals surface area (Å²) in [5, 5.41) is 3.16. The van der Waals surface area contributed by atoms with E-state index >= 15 is 0 Å². The van der Waals surface area contributed by atoms with Gasteiger partial charge in [0, 0.05) is 6.54 Å². The summed E-state index contributed by atoms with van der Waals surface area (Å²) in [4.78, 5) is 26.0. The number of unbranched alkanes of at least 4 members (excludes halogenated alkanes) is 2. The minimum atomic E-state index is -0.507. The Morgan fingerprint density at radius 3 is 2.62 bits per heavy atom. The molecule has 1 fully saturated rings. The summed E-state index contributed by atoms with van der Waals surface area (Å²) in [6, 6.07) is -0.408.